The Morgan fingerprint density at radius 3 is 2.00 bits per heavy atom. The third kappa shape index (κ3) is 3.80. The van der Waals surface area contributed by atoms with Crippen LogP contribution in [0.25, 0.3) is 0 Å². The van der Waals surface area contributed by atoms with Crippen molar-refractivity contribution in [2.24, 2.45) is 62.6 Å². The molecule has 38 heavy (non-hydrogen) atoms. The zero-order valence-electron chi connectivity index (χ0n) is 26.1. The van der Waals surface area contributed by atoms with Crippen LogP contribution in [-0.4, -0.2) is 24.1 Å². The second-order valence-corrected chi connectivity index (χ2v) is 16.5. The summed E-state index contributed by atoms with van der Waals surface area (Å²) in [7, 11) is 0. The summed E-state index contributed by atoms with van der Waals surface area (Å²) in [6.07, 6.45) is 10.7. The molecule has 0 unspecified atom stereocenters. The number of hydrogen-bond acceptors (Lipinski definition) is 4. The highest BCUT2D eigenvalue weighted by Crippen LogP contribution is 2.77. The van der Waals surface area contributed by atoms with Crippen molar-refractivity contribution in [3.63, 3.8) is 0 Å². The molecule has 0 aromatic carbocycles. The number of fused-ring (bicyclic) bond motifs is 7. The third-order valence-corrected chi connectivity index (χ3v) is 14.2. The van der Waals surface area contributed by atoms with E-state index >= 15 is 0 Å². The molecule has 0 amide bonds. The monoisotopic (exact) mass is 528 g/mol. The van der Waals surface area contributed by atoms with Crippen molar-refractivity contribution in [1.82, 2.24) is 0 Å². The zero-order chi connectivity index (χ0) is 28.1. The molecule has 5 aliphatic rings. The maximum atomic E-state index is 12.3. The fourth-order valence-electron chi connectivity index (χ4n) is 12.6. The van der Waals surface area contributed by atoms with E-state index in [1.54, 1.807) is 0 Å². The zero-order valence-corrected chi connectivity index (χ0v) is 26.1. The summed E-state index contributed by atoms with van der Waals surface area (Å²) in [5.74, 6) is 3.78. The first-order chi connectivity index (χ1) is 17.5. The molecule has 0 spiro atoms. The summed E-state index contributed by atoms with van der Waals surface area (Å²) in [4.78, 5) is 24.4. The minimum absolute atomic E-state index is 0.0507. The predicted molar refractivity (Wildman–Crippen MR) is 151 cm³/mol. The van der Waals surface area contributed by atoms with E-state index in [9.17, 15) is 9.59 Å². The molecule has 5 saturated carbocycles. The predicted octanol–water partition coefficient (Wildman–Crippen LogP) is 8.22. The Morgan fingerprint density at radius 1 is 0.737 bits per heavy atom. The van der Waals surface area contributed by atoms with Crippen molar-refractivity contribution >= 4 is 11.9 Å². The van der Waals surface area contributed by atoms with Crippen LogP contribution >= 0.6 is 0 Å². The lowest BCUT2D eigenvalue weighted by atomic mass is 9.32. The molecule has 0 aromatic rings. The largest absolute Gasteiger partial charge is 0.459 e. The number of ether oxygens (including phenoxy) is 2. The minimum atomic E-state index is -0.390. The van der Waals surface area contributed by atoms with Crippen molar-refractivity contribution in [1.29, 1.82) is 0 Å². The van der Waals surface area contributed by atoms with Crippen LogP contribution in [-0.2, 0) is 19.1 Å². The molecular formula is C34H56O4. The van der Waals surface area contributed by atoms with Gasteiger partial charge in [0.15, 0.2) is 0 Å². The summed E-state index contributed by atoms with van der Waals surface area (Å²) < 4.78 is 12.0. The molecule has 11 atom stereocenters. The van der Waals surface area contributed by atoms with E-state index in [1.165, 1.54) is 65.2 Å². The average Bonchev–Trinajstić information content (AvgIpc) is 3.14. The van der Waals surface area contributed by atoms with Crippen LogP contribution in [0, 0.1) is 62.6 Å². The van der Waals surface area contributed by atoms with Crippen LogP contribution in [0.4, 0.5) is 0 Å². The number of carbonyl (C=O) groups excluding carboxylic acids is 2. The Hall–Kier alpha value is -1.06. The van der Waals surface area contributed by atoms with E-state index in [2.05, 4.69) is 55.4 Å². The van der Waals surface area contributed by atoms with Gasteiger partial charge in [-0.05, 0) is 115 Å². The van der Waals surface area contributed by atoms with Crippen LogP contribution in [0.1, 0.15) is 127 Å². The normalized spacial score (nSPS) is 51.3. The molecule has 216 valence electrons. The lowest BCUT2D eigenvalue weighted by molar-refractivity contribution is -0.268. The molecule has 0 radical (unpaired) electrons. The van der Waals surface area contributed by atoms with Gasteiger partial charge in [-0.1, -0.05) is 55.4 Å². The topological polar surface area (TPSA) is 52.6 Å². The van der Waals surface area contributed by atoms with E-state index in [0.29, 0.717) is 22.7 Å². The summed E-state index contributed by atoms with van der Waals surface area (Å²) in [6.45, 7) is 23.0. The fourth-order valence-corrected chi connectivity index (χ4v) is 12.6. The highest BCUT2D eigenvalue weighted by atomic mass is 16.6. The quantitative estimate of drug-likeness (QED) is 0.346. The number of rotatable bonds is 3. The van der Waals surface area contributed by atoms with Gasteiger partial charge in [0.05, 0.1) is 0 Å². The molecule has 0 aliphatic heterocycles. The molecule has 0 saturated heterocycles. The molecule has 4 heteroatoms. The first-order valence-electron chi connectivity index (χ1n) is 15.9. The Kier molecular flexibility index (Phi) is 6.72. The summed E-state index contributed by atoms with van der Waals surface area (Å²) in [5.41, 5.74) is 0.942. The first kappa shape index (κ1) is 28.5. The molecule has 4 nitrogen and oxygen atoms in total. The van der Waals surface area contributed by atoms with Crippen molar-refractivity contribution in [2.75, 3.05) is 0 Å². The molecule has 5 fully saturated rings. The first-order valence-corrected chi connectivity index (χ1v) is 15.9. The summed E-state index contributed by atoms with van der Waals surface area (Å²) >= 11 is 0. The van der Waals surface area contributed by atoms with Gasteiger partial charge in [-0.25, -0.2) is 0 Å². The van der Waals surface area contributed by atoms with E-state index in [4.69, 9.17) is 9.47 Å². The van der Waals surface area contributed by atoms with Gasteiger partial charge < -0.3 is 9.47 Å². The lowest BCUT2D eigenvalue weighted by Crippen LogP contribution is -2.68. The van der Waals surface area contributed by atoms with E-state index < -0.39 is 0 Å². The fraction of sp³-hybridized carbons (Fsp3) is 0.941. The Bertz CT molecular complexity index is 970. The molecule has 0 N–H and O–H groups in total. The van der Waals surface area contributed by atoms with Gasteiger partial charge in [0, 0.05) is 19.3 Å². The minimum Gasteiger partial charge on any atom is -0.459 e. The van der Waals surface area contributed by atoms with Gasteiger partial charge >= 0.3 is 11.9 Å². The molecule has 0 aromatic heterocycles. The van der Waals surface area contributed by atoms with Crippen LogP contribution in [0.3, 0.4) is 0 Å². The molecule has 0 heterocycles. The standard InChI is InChI=1S/C34H56O4/c1-20(2)23-13-15-31(7)17-18-33(9)24(28(23)31)11-12-27-32(8)19-25(37-21(3)35)29(38-22(4)36)30(5,6)26(32)14-16-34(27,33)10/h20,23-29H,11-19H2,1-10H3/t23-,24+,25+,26-,27-,28+,29+,31+,32-,33+,34-/m0/s1. The Balaban J connectivity index is 1.54. The van der Waals surface area contributed by atoms with Crippen LogP contribution in [0.15, 0.2) is 0 Å². The Morgan fingerprint density at radius 2 is 1.39 bits per heavy atom. The second-order valence-electron chi connectivity index (χ2n) is 16.5. The van der Waals surface area contributed by atoms with Gasteiger partial charge in [0.1, 0.15) is 12.2 Å². The molecule has 5 rings (SSSR count). The SMILES string of the molecule is CC(=O)O[C@@H]1[C@H](OC(C)=O)C[C@@]2(C)[C@@H](CC[C@@]3(C)[C@H]2CC[C@@H]2[C@H]4[C@H](C(C)C)CC[C@]4(C)CC[C@]23C)C1(C)C. The number of carbonyl (C=O) groups is 2. The van der Waals surface area contributed by atoms with Crippen molar-refractivity contribution in [2.45, 2.75) is 139 Å². The smallest absolute Gasteiger partial charge is 0.303 e. The van der Waals surface area contributed by atoms with Crippen molar-refractivity contribution < 1.29 is 19.1 Å². The summed E-state index contributed by atoms with van der Waals surface area (Å²) in [6, 6.07) is 0. The second kappa shape index (κ2) is 8.97. The highest BCUT2D eigenvalue weighted by Gasteiger charge is 2.71. The van der Waals surface area contributed by atoms with Gasteiger partial charge in [-0.2, -0.15) is 0 Å². The van der Waals surface area contributed by atoms with Crippen molar-refractivity contribution in [3.8, 4) is 0 Å². The van der Waals surface area contributed by atoms with Gasteiger partial charge in [-0.3, -0.25) is 9.59 Å². The van der Waals surface area contributed by atoms with Crippen LogP contribution in [0.5, 0.6) is 0 Å². The van der Waals surface area contributed by atoms with Gasteiger partial charge in [0.25, 0.3) is 0 Å². The van der Waals surface area contributed by atoms with E-state index in [1.807, 2.05) is 0 Å². The van der Waals surface area contributed by atoms with E-state index in [0.717, 1.165) is 30.1 Å². The van der Waals surface area contributed by atoms with Crippen LogP contribution in [0.2, 0.25) is 0 Å². The number of hydrogen-bond donors (Lipinski definition) is 0. The Labute approximate surface area is 232 Å². The number of esters is 2. The molecular weight excluding hydrogens is 472 g/mol. The van der Waals surface area contributed by atoms with E-state index in [-0.39, 0.29) is 40.4 Å². The third-order valence-electron chi connectivity index (χ3n) is 14.2. The maximum Gasteiger partial charge on any atom is 0.303 e. The van der Waals surface area contributed by atoms with Gasteiger partial charge in [-0.15, -0.1) is 0 Å². The maximum absolute atomic E-state index is 12.3. The highest BCUT2D eigenvalue weighted by molar-refractivity contribution is 5.67. The molecule has 0 bridgehead atoms. The lowest BCUT2D eigenvalue weighted by Gasteiger charge is -2.73. The summed E-state index contributed by atoms with van der Waals surface area (Å²) in [5, 5.41) is 0. The van der Waals surface area contributed by atoms with Crippen LogP contribution < -0.4 is 0 Å². The average molecular weight is 529 g/mol. The molecule has 5 aliphatic carbocycles. The van der Waals surface area contributed by atoms with Crippen molar-refractivity contribution in [3.05, 3.63) is 0 Å². The van der Waals surface area contributed by atoms with Gasteiger partial charge in [0.2, 0.25) is 0 Å².